The van der Waals surface area contributed by atoms with E-state index in [0.29, 0.717) is 25.1 Å². The molecule has 3 rings (SSSR count). The van der Waals surface area contributed by atoms with Gasteiger partial charge in [0.2, 0.25) is 5.91 Å². The molecule has 1 aliphatic heterocycles. The number of nitrogens with one attached hydrogen (secondary N) is 1. The lowest BCUT2D eigenvalue weighted by molar-refractivity contribution is -0.132. The first-order valence-corrected chi connectivity index (χ1v) is 8.67. The molecule has 23 heavy (non-hydrogen) atoms. The summed E-state index contributed by atoms with van der Waals surface area (Å²) in [6.45, 7) is 2.92. The van der Waals surface area contributed by atoms with E-state index >= 15 is 0 Å². The summed E-state index contributed by atoms with van der Waals surface area (Å²) >= 11 is 1.79. The summed E-state index contributed by atoms with van der Waals surface area (Å²) in [5.74, 6) is 0.208. The number of carbonyl (C=O) groups excluding carboxylic acids is 1. The fraction of sp³-hybridized carbons (Fsp3) is 0.333. The van der Waals surface area contributed by atoms with Crippen LogP contribution in [0, 0.1) is 11.3 Å². The average Bonchev–Trinajstić information content (AvgIpc) is 3.06. The Morgan fingerprint density at radius 2 is 2.30 bits per heavy atom. The van der Waals surface area contributed by atoms with Crippen LogP contribution >= 0.6 is 11.3 Å². The molecule has 5 heteroatoms. The minimum Gasteiger partial charge on any atom is -0.338 e. The average molecular weight is 325 g/mol. The van der Waals surface area contributed by atoms with Gasteiger partial charge in [-0.25, -0.2) is 0 Å². The van der Waals surface area contributed by atoms with Crippen LogP contribution in [0.2, 0.25) is 0 Å². The molecule has 0 atom stereocenters. The Bertz CT molecular complexity index is 732. The third kappa shape index (κ3) is 3.98. The van der Waals surface area contributed by atoms with Gasteiger partial charge in [-0.1, -0.05) is 12.1 Å². The number of benzene rings is 1. The van der Waals surface area contributed by atoms with E-state index in [1.807, 2.05) is 23.1 Å². The molecule has 0 saturated heterocycles. The maximum Gasteiger partial charge on any atom is 0.224 e. The molecule has 1 aromatic carbocycles. The smallest absolute Gasteiger partial charge is 0.224 e. The van der Waals surface area contributed by atoms with E-state index in [1.54, 1.807) is 17.4 Å². The van der Waals surface area contributed by atoms with Gasteiger partial charge in [-0.15, -0.1) is 11.3 Å². The molecule has 2 aromatic rings. The van der Waals surface area contributed by atoms with Crippen molar-refractivity contribution in [3.63, 3.8) is 0 Å². The summed E-state index contributed by atoms with van der Waals surface area (Å²) in [4.78, 5) is 15.7. The highest BCUT2D eigenvalue weighted by molar-refractivity contribution is 7.10. The number of thiophene rings is 1. The Kier molecular flexibility index (Phi) is 5.06. The summed E-state index contributed by atoms with van der Waals surface area (Å²) in [7, 11) is 0. The Morgan fingerprint density at radius 1 is 1.39 bits per heavy atom. The Balaban J connectivity index is 1.42. The van der Waals surface area contributed by atoms with Gasteiger partial charge in [0.25, 0.3) is 0 Å². The normalized spacial score (nSPS) is 13.4. The van der Waals surface area contributed by atoms with Crippen molar-refractivity contribution in [1.29, 1.82) is 5.26 Å². The van der Waals surface area contributed by atoms with E-state index in [1.165, 1.54) is 10.4 Å². The molecule has 1 aromatic heterocycles. The van der Waals surface area contributed by atoms with Gasteiger partial charge in [-0.05, 0) is 41.1 Å². The number of fused-ring (bicyclic) bond motifs is 1. The van der Waals surface area contributed by atoms with Crippen LogP contribution in [0.15, 0.2) is 35.7 Å². The van der Waals surface area contributed by atoms with Crippen molar-refractivity contribution in [2.45, 2.75) is 25.9 Å². The highest BCUT2D eigenvalue weighted by Gasteiger charge is 2.20. The maximum atomic E-state index is 12.3. The summed E-state index contributed by atoms with van der Waals surface area (Å²) in [6.07, 6.45) is 1.49. The Morgan fingerprint density at radius 3 is 3.17 bits per heavy atom. The molecule has 0 radical (unpaired) electrons. The zero-order valence-corrected chi connectivity index (χ0v) is 13.7. The number of hydrogen-bond donors (Lipinski definition) is 1. The van der Waals surface area contributed by atoms with Crippen LogP contribution in [0.3, 0.4) is 0 Å². The number of nitriles is 1. The molecule has 1 amide bonds. The second-order valence-corrected chi connectivity index (χ2v) is 6.67. The van der Waals surface area contributed by atoms with E-state index in [-0.39, 0.29) is 5.91 Å². The summed E-state index contributed by atoms with van der Waals surface area (Å²) in [5, 5.41) is 14.3. The van der Waals surface area contributed by atoms with Gasteiger partial charge < -0.3 is 10.2 Å². The van der Waals surface area contributed by atoms with Gasteiger partial charge >= 0.3 is 0 Å². The van der Waals surface area contributed by atoms with Crippen LogP contribution in [0.4, 0.5) is 0 Å². The van der Waals surface area contributed by atoms with Gasteiger partial charge in [0.15, 0.2) is 0 Å². The lowest BCUT2D eigenvalue weighted by atomic mass is 10.1. The molecule has 118 valence electrons. The van der Waals surface area contributed by atoms with E-state index < -0.39 is 0 Å². The van der Waals surface area contributed by atoms with E-state index in [2.05, 4.69) is 22.8 Å². The number of amides is 1. The van der Waals surface area contributed by atoms with Crippen molar-refractivity contribution in [3.05, 3.63) is 57.3 Å². The minimum atomic E-state index is 0.208. The van der Waals surface area contributed by atoms with Crippen LogP contribution in [0.1, 0.15) is 28.0 Å². The number of carbonyl (C=O) groups is 1. The minimum absolute atomic E-state index is 0.208. The Hall–Kier alpha value is -2.16. The SMILES string of the molecule is N#Cc1cccc(CNCCC(=O)N2CCc3sccc3C2)c1. The number of nitrogens with zero attached hydrogens (tertiary/aromatic N) is 2. The van der Waals surface area contributed by atoms with Crippen LogP contribution in [-0.4, -0.2) is 23.9 Å². The van der Waals surface area contributed by atoms with Crippen molar-refractivity contribution in [2.24, 2.45) is 0 Å². The fourth-order valence-electron chi connectivity index (χ4n) is 2.80. The fourth-order valence-corrected chi connectivity index (χ4v) is 3.69. The number of rotatable bonds is 5. The first-order chi connectivity index (χ1) is 11.3. The third-order valence-corrected chi connectivity index (χ3v) is 5.08. The van der Waals surface area contributed by atoms with Crippen molar-refractivity contribution in [3.8, 4) is 6.07 Å². The standard InChI is InChI=1S/C18H19N3OS/c19-11-14-2-1-3-15(10-14)12-20-7-4-18(22)21-8-5-17-16(13-21)6-9-23-17/h1-3,6,9-10,20H,4-5,7-8,12-13H2. The van der Waals surface area contributed by atoms with Gasteiger partial charge in [0.1, 0.15) is 0 Å². The maximum absolute atomic E-state index is 12.3. The third-order valence-electron chi connectivity index (χ3n) is 4.06. The van der Waals surface area contributed by atoms with Crippen LogP contribution in [0.5, 0.6) is 0 Å². The summed E-state index contributed by atoms with van der Waals surface area (Å²) < 4.78 is 0. The predicted molar refractivity (Wildman–Crippen MR) is 90.9 cm³/mol. The molecule has 1 aliphatic rings. The first kappa shape index (κ1) is 15.7. The quantitative estimate of drug-likeness (QED) is 0.860. The van der Waals surface area contributed by atoms with Gasteiger partial charge in [-0.2, -0.15) is 5.26 Å². The van der Waals surface area contributed by atoms with Gasteiger partial charge in [0.05, 0.1) is 11.6 Å². The topological polar surface area (TPSA) is 56.1 Å². The Labute approximate surface area is 140 Å². The molecule has 0 saturated carbocycles. The molecular formula is C18H19N3OS. The monoisotopic (exact) mass is 325 g/mol. The highest BCUT2D eigenvalue weighted by atomic mass is 32.1. The second kappa shape index (κ2) is 7.40. The second-order valence-electron chi connectivity index (χ2n) is 5.67. The van der Waals surface area contributed by atoms with Crippen molar-refractivity contribution in [1.82, 2.24) is 10.2 Å². The zero-order chi connectivity index (χ0) is 16.1. The van der Waals surface area contributed by atoms with Crippen LogP contribution < -0.4 is 5.32 Å². The molecule has 0 aliphatic carbocycles. The number of hydrogen-bond acceptors (Lipinski definition) is 4. The van der Waals surface area contributed by atoms with Crippen molar-refractivity contribution >= 4 is 17.2 Å². The van der Waals surface area contributed by atoms with E-state index in [0.717, 1.165) is 25.1 Å². The molecule has 0 bridgehead atoms. The van der Waals surface area contributed by atoms with Crippen LogP contribution in [0.25, 0.3) is 0 Å². The largest absolute Gasteiger partial charge is 0.338 e. The molecule has 0 spiro atoms. The molecule has 4 nitrogen and oxygen atoms in total. The van der Waals surface area contributed by atoms with Gasteiger partial charge in [0, 0.05) is 37.5 Å². The van der Waals surface area contributed by atoms with Crippen molar-refractivity contribution in [2.75, 3.05) is 13.1 Å². The molecule has 0 unspecified atom stereocenters. The highest BCUT2D eigenvalue weighted by Crippen LogP contribution is 2.24. The van der Waals surface area contributed by atoms with Crippen LogP contribution in [-0.2, 0) is 24.3 Å². The van der Waals surface area contributed by atoms with E-state index in [4.69, 9.17) is 5.26 Å². The zero-order valence-electron chi connectivity index (χ0n) is 12.9. The van der Waals surface area contributed by atoms with Gasteiger partial charge in [-0.3, -0.25) is 4.79 Å². The lowest BCUT2D eigenvalue weighted by Crippen LogP contribution is -2.36. The molecule has 2 heterocycles. The summed E-state index contributed by atoms with van der Waals surface area (Å²) in [5.41, 5.74) is 3.04. The van der Waals surface area contributed by atoms with E-state index in [9.17, 15) is 4.79 Å². The molecular weight excluding hydrogens is 306 g/mol. The summed E-state index contributed by atoms with van der Waals surface area (Å²) in [6, 6.07) is 11.8. The predicted octanol–water partition coefficient (Wildman–Crippen LogP) is 2.68. The lowest BCUT2D eigenvalue weighted by Gasteiger charge is -2.27. The molecule has 1 N–H and O–H groups in total. The first-order valence-electron chi connectivity index (χ1n) is 7.79. The van der Waals surface area contributed by atoms with Crippen molar-refractivity contribution < 1.29 is 4.79 Å². The molecule has 0 fully saturated rings.